The van der Waals surface area contributed by atoms with Crippen LogP contribution in [0.4, 0.5) is 11.7 Å². The molecule has 0 aliphatic rings. The van der Waals surface area contributed by atoms with E-state index in [1.807, 2.05) is 31.3 Å². The zero-order valence-electron chi connectivity index (χ0n) is 7.69. The molecule has 2 aromatic rings. The molecule has 0 fully saturated rings. The maximum absolute atomic E-state index is 5.32. The Hall–Kier alpha value is -2.04. The Morgan fingerprint density at radius 2 is 1.93 bits per heavy atom. The van der Waals surface area contributed by atoms with Crippen molar-refractivity contribution in [3.05, 3.63) is 24.3 Å². The Balaban J connectivity index is 2.33. The maximum atomic E-state index is 5.32. The van der Waals surface area contributed by atoms with Crippen molar-refractivity contribution in [2.24, 2.45) is 0 Å². The van der Waals surface area contributed by atoms with Crippen molar-refractivity contribution in [2.45, 2.75) is 0 Å². The molecule has 0 saturated heterocycles. The predicted octanol–water partition coefficient (Wildman–Crippen LogP) is 1.36. The van der Waals surface area contributed by atoms with Crippen LogP contribution in [0.1, 0.15) is 0 Å². The zero-order valence-corrected chi connectivity index (χ0v) is 7.69. The summed E-state index contributed by atoms with van der Waals surface area (Å²) in [4.78, 5) is 0. The first-order chi connectivity index (χ1) is 6.79. The van der Waals surface area contributed by atoms with Crippen LogP contribution in [-0.2, 0) is 0 Å². The Morgan fingerprint density at radius 3 is 2.43 bits per heavy atom. The number of nitrogens with zero attached hydrogens (tertiary/aromatic N) is 2. The van der Waals surface area contributed by atoms with Crippen molar-refractivity contribution in [2.75, 3.05) is 18.1 Å². The van der Waals surface area contributed by atoms with Crippen LogP contribution in [0.5, 0.6) is 0 Å². The molecule has 3 N–H and O–H groups in total. The van der Waals surface area contributed by atoms with Gasteiger partial charge in [0.05, 0.1) is 0 Å². The molecular formula is C9H10N4O. The quantitative estimate of drug-likeness (QED) is 0.747. The Labute approximate surface area is 80.9 Å². The SMILES string of the molecule is CNc1ccc(-c2nnc(N)o2)cc1. The van der Waals surface area contributed by atoms with Gasteiger partial charge in [-0.1, -0.05) is 5.10 Å². The molecule has 5 heteroatoms. The monoisotopic (exact) mass is 190 g/mol. The molecule has 72 valence electrons. The van der Waals surface area contributed by atoms with Crippen LogP contribution < -0.4 is 11.1 Å². The van der Waals surface area contributed by atoms with E-state index < -0.39 is 0 Å². The minimum Gasteiger partial charge on any atom is -0.404 e. The van der Waals surface area contributed by atoms with Gasteiger partial charge in [-0.05, 0) is 24.3 Å². The summed E-state index contributed by atoms with van der Waals surface area (Å²) in [6.45, 7) is 0. The van der Waals surface area contributed by atoms with Crippen LogP contribution in [-0.4, -0.2) is 17.2 Å². The number of anilines is 2. The highest BCUT2D eigenvalue weighted by molar-refractivity contribution is 5.58. The fourth-order valence-corrected chi connectivity index (χ4v) is 1.13. The van der Waals surface area contributed by atoms with Gasteiger partial charge in [-0.25, -0.2) is 0 Å². The molecule has 0 saturated carbocycles. The molecular weight excluding hydrogens is 180 g/mol. The second-order valence-corrected chi connectivity index (χ2v) is 2.77. The normalized spacial score (nSPS) is 10.1. The van der Waals surface area contributed by atoms with E-state index in [2.05, 4.69) is 15.5 Å². The van der Waals surface area contributed by atoms with Gasteiger partial charge in [0.2, 0.25) is 5.89 Å². The van der Waals surface area contributed by atoms with Gasteiger partial charge >= 0.3 is 6.01 Å². The predicted molar refractivity (Wildman–Crippen MR) is 53.7 cm³/mol. The smallest absolute Gasteiger partial charge is 0.313 e. The number of aromatic nitrogens is 2. The Bertz CT molecular complexity index is 421. The van der Waals surface area contributed by atoms with Gasteiger partial charge in [-0.2, -0.15) is 0 Å². The number of nitrogens with two attached hydrogens (primary N) is 1. The highest BCUT2D eigenvalue weighted by Crippen LogP contribution is 2.20. The molecule has 0 spiro atoms. The molecule has 5 nitrogen and oxygen atoms in total. The molecule has 0 atom stereocenters. The molecule has 14 heavy (non-hydrogen) atoms. The summed E-state index contributed by atoms with van der Waals surface area (Å²) >= 11 is 0. The molecule has 0 aliphatic heterocycles. The lowest BCUT2D eigenvalue weighted by Crippen LogP contribution is -1.86. The summed E-state index contributed by atoms with van der Waals surface area (Å²) in [5.74, 6) is 0.435. The average Bonchev–Trinajstić information content (AvgIpc) is 2.65. The van der Waals surface area contributed by atoms with Crippen molar-refractivity contribution in [1.82, 2.24) is 10.2 Å². The van der Waals surface area contributed by atoms with E-state index in [9.17, 15) is 0 Å². The molecule has 1 heterocycles. The summed E-state index contributed by atoms with van der Waals surface area (Å²) in [5.41, 5.74) is 7.20. The number of benzene rings is 1. The highest BCUT2D eigenvalue weighted by Gasteiger charge is 2.04. The van der Waals surface area contributed by atoms with Crippen molar-refractivity contribution >= 4 is 11.7 Å². The topological polar surface area (TPSA) is 77.0 Å². The minimum absolute atomic E-state index is 0.0812. The number of hydrogen-bond acceptors (Lipinski definition) is 5. The van der Waals surface area contributed by atoms with Gasteiger partial charge < -0.3 is 15.5 Å². The van der Waals surface area contributed by atoms with Gasteiger partial charge in [-0.15, -0.1) is 5.10 Å². The number of rotatable bonds is 2. The van der Waals surface area contributed by atoms with Crippen LogP contribution >= 0.6 is 0 Å². The Kier molecular flexibility index (Phi) is 2.06. The van der Waals surface area contributed by atoms with E-state index in [1.165, 1.54) is 0 Å². The largest absolute Gasteiger partial charge is 0.404 e. The molecule has 1 aromatic heterocycles. The van der Waals surface area contributed by atoms with E-state index in [1.54, 1.807) is 0 Å². The summed E-state index contributed by atoms with van der Waals surface area (Å²) in [7, 11) is 1.86. The van der Waals surface area contributed by atoms with Crippen LogP contribution in [0.15, 0.2) is 28.7 Å². The lowest BCUT2D eigenvalue weighted by atomic mass is 10.2. The summed E-state index contributed by atoms with van der Waals surface area (Å²) in [6, 6.07) is 7.71. The molecule has 0 amide bonds. The highest BCUT2D eigenvalue weighted by atomic mass is 16.4. The lowest BCUT2D eigenvalue weighted by molar-refractivity contribution is 0.590. The maximum Gasteiger partial charge on any atom is 0.313 e. The van der Waals surface area contributed by atoms with Crippen LogP contribution in [0, 0.1) is 0 Å². The molecule has 2 rings (SSSR count). The molecule has 0 aliphatic carbocycles. The lowest BCUT2D eigenvalue weighted by Gasteiger charge is -1.99. The van der Waals surface area contributed by atoms with E-state index in [0.717, 1.165) is 11.3 Å². The van der Waals surface area contributed by atoms with Gasteiger partial charge in [0, 0.05) is 18.3 Å². The first-order valence-electron chi connectivity index (χ1n) is 4.17. The van der Waals surface area contributed by atoms with Crippen LogP contribution in [0.2, 0.25) is 0 Å². The van der Waals surface area contributed by atoms with Gasteiger partial charge in [0.15, 0.2) is 0 Å². The molecule has 1 aromatic carbocycles. The van der Waals surface area contributed by atoms with Gasteiger partial charge in [0.25, 0.3) is 0 Å². The number of hydrogen-bond donors (Lipinski definition) is 2. The second kappa shape index (κ2) is 3.37. The standard InChI is InChI=1S/C9H10N4O/c1-11-7-4-2-6(3-5-7)8-12-13-9(10)14-8/h2-5,11H,1H3,(H2,10,13). The van der Waals surface area contributed by atoms with E-state index >= 15 is 0 Å². The second-order valence-electron chi connectivity index (χ2n) is 2.77. The number of nitrogen functional groups attached to an aromatic ring is 1. The zero-order chi connectivity index (χ0) is 9.97. The fourth-order valence-electron chi connectivity index (χ4n) is 1.13. The summed E-state index contributed by atoms with van der Waals surface area (Å²) in [6.07, 6.45) is 0. The summed E-state index contributed by atoms with van der Waals surface area (Å²) < 4.78 is 5.08. The van der Waals surface area contributed by atoms with Crippen molar-refractivity contribution in [3.63, 3.8) is 0 Å². The molecule has 0 bridgehead atoms. The number of nitrogens with one attached hydrogen (secondary N) is 1. The van der Waals surface area contributed by atoms with Crippen molar-refractivity contribution in [3.8, 4) is 11.5 Å². The van der Waals surface area contributed by atoms with Crippen molar-refractivity contribution < 1.29 is 4.42 Å². The van der Waals surface area contributed by atoms with Gasteiger partial charge in [0.1, 0.15) is 0 Å². The van der Waals surface area contributed by atoms with Crippen molar-refractivity contribution in [1.29, 1.82) is 0 Å². The third kappa shape index (κ3) is 1.52. The molecule has 0 unspecified atom stereocenters. The summed E-state index contributed by atoms with van der Waals surface area (Å²) in [5, 5.41) is 10.4. The average molecular weight is 190 g/mol. The van der Waals surface area contributed by atoms with Gasteiger partial charge in [-0.3, -0.25) is 0 Å². The minimum atomic E-state index is 0.0812. The third-order valence-electron chi connectivity index (χ3n) is 1.86. The van der Waals surface area contributed by atoms with E-state index in [0.29, 0.717) is 5.89 Å². The van der Waals surface area contributed by atoms with E-state index in [-0.39, 0.29) is 6.01 Å². The Morgan fingerprint density at radius 1 is 1.21 bits per heavy atom. The fraction of sp³-hybridized carbons (Fsp3) is 0.111. The van der Waals surface area contributed by atoms with Crippen LogP contribution in [0.3, 0.4) is 0 Å². The molecule has 0 radical (unpaired) electrons. The van der Waals surface area contributed by atoms with E-state index in [4.69, 9.17) is 10.2 Å². The third-order valence-corrected chi connectivity index (χ3v) is 1.86. The van der Waals surface area contributed by atoms with Crippen LogP contribution in [0.25, 0.3) is 11.5 Å². The first kappa shape index (κ1) is 8.55. The first-order valence-corrected chi connectivity index (χ1v) is 4.17.